The van der Waals surface area contributed by atoms with Gasteiger partial charge in [-0.15, -0.1) is 0 Å². The van der Waals surface area contributed by atoms with Gasteiger partial charge >= 0.3 is 0 Å². The molecular weight excluding hydrogens is 228 g/mol. The normalized spacial score (nSPS) is 29.9. The molecule has 2 fully saturated rings. The van der Waals surface area contributed by atoms with Gasteiger partial charge in [-0.1, -0.05) is 0 Å². The van der Waals surface area contributed by atoms with Crippen molar-refractivity contribution in [3.63, 3.8) is 0 Å². The number of nitrogens with two attached hydrogens (primary N) is 1. The monoisotopic (exact) mass is 246 g/mol. The van der Waals surface area contributed by atoms with E-state index >= 15 is 0 Å². The Kier molecular flexibility index (Phi) is 3.21. The Labute approximate surface area is 95.7 Å². The Morgan fingerprint density at radius 2 is 2.06 bits per heavy atom. The number of carbonyl (C=O) groups is 1. The van der Waals surface area contributed by atoms with E-state index in [0.29, 0.717) is 18.9 Å². The van der Waals surface area contributed by atoms with Crippen LogP contribution < -0.4 is 11.1 Å². The van der Waals surface area contributed by atoms with Crippen LogP contribution in [0.4, 0.5) is 0 Å². The Morgan fingerprint density at radius 3 is 2.50 bits per heavy atom. The number of amides is 1. The number of sulfone groups is 1. The summed E-state index contributed by atoms with van der Waals surface area (Å²) < 4.78 is 22.5. The molecule has 2 aliphatic rings. The molecular formula is C10H18N2O3S. The van der Waals surface area contributed by atoms with Gasteiger partial charge < -0.3 is 11.1 Å². The molecule has 1 aliphatic carbocycles. The minimum atomic E-state index is -2.98. The van der Waals surface area contributed by atoms with E-state index in [-0.39, 0.29) is 29.4 Å². The van der Waals surface area contributed by atoms with Gasteiger partial charge in [-0.25, -0.2) is 8.42 Å². The Morgan fingerprint density at radius 1 is 1.38 bits per heavy atom. The molecule has 0 radical (unpaired) electrons. The van der Waals surface area contributed by atoms with Crippen LogP contribution in [0, 0.1) is 11.8 Å². The third kappa shape index (κ3) is 2.74. The topological polar surface area (TPSA) is 89.3 Å². The summed E-state index contributed by atoms with van der Waals surface area (Å²) in [5.74, 6) is 0.149. The zero-order valence-corrected chi connectivity index (χ0v) is 10.0. The summed E-state index contributed by atoms with van der Waals surface area (Å²) in [6.45, 7) is 0.440. The third-order valence-electron chi connectivity index (χ3n) is 3.38. The fraction of sp³-hybridized carbons (Fsp3) is 0.900. The molecule has 1 saturated heterocycles. The van der Waals surface area contributed by atoms with E-state index in [4.69, 9.17) is 5.73 Å². The van der Waals surface area contributed by atoms with Gasteiger partial charge in [-0.2, -0.15) is 0 Å². The van der Waals surface area contributed by atoms with E-state index < -0.39 is 9.84 Å². The molecule has 2 rings (SSSR count). The van der Waals surface area contributed by atoms with E-state index in [1.54, 1.807) is 0 Å². The fourth-order valence-corrected chi connectivity index (χ4v) is 3.91. The van der Waals surface area contributed by atoms with Crippen LogP contribution in [0.5, 0.6) is 0 Å². The molecule has 0 aromatic carbocycles. The van der Waals surface area contributed by atoms with Crippen molar-refractivity contribution < 1.29 is 13.2 Å². The molecule has 6 heteroatoms. The van der Waals surface area contributed by atoms with Gasteiger partial charge in [0.25, 0.3) is 0 Å². The lowest BCUT2D eigenvalue weighted by Crippen LogP contribution is -2.44. The average Bonchev–Trinajstić information content (AvgIpc) is 2.99. The predicted octanol–water partition coefficient (Wildman–Crippen LogP) is -0.725. The van der Waals surface area contributed by atoms with Crippen LogP contribution in [0.1, 0.15) is 19.3 Å². The van der Waals surface area contributed by atoms with Crippen molar-refractivity contribution in [2.45, 2.75) is 25.3 Å². The Bertz CT molecular complexity index is 376. The van der Waals surface area contributed by atoms with Crippen LogP contribution in [0.2, 0.25) is 0 Å². The molecule has 1 aliphatic heterocycles. The Balaban J connectivity index is 1.88. The molecule has 1 amide bonds. The highest BCUT2D eigenvalue weighted by Gasteiger charge is 2.36. The van der Waals surface area contributed by atoms with Gasteiger partial charge in [0.1, 0.15) is 0 Å². The maximum absolute atomic E-state index is 11.8. The van der Waals surface area contributed by atoms with Gasteiger partial charge in [0.05, 0.1) is 17.4 Å². The first-order valence-electron chi connectivity index (χ1n) is 5.72. The van der Waals surface area contributed by atoms with Crippen LogP contribution in [0.25, 0.3) is 0 Å². The molecule has 1 saturated carbocycles. The summed E-state index contributed by atoms with van der Waals surface area (Å²) in [5, 5.41) is 2.88. The van der Waals surface area contributed by atoms with E-state index in [1.807, 2.05) is 0 Å². The molecule has 3 N–H and O–H groups in total. The second-order valence-corrected chi connectivity index (χ2v) is 7.02. The minimum Gasteiger partial charge on any atom is -0.352 e. The highest BCUT2D eigenvalue weighted by Crippen LogP contribution is 2.32. The van der Waals surface area contributed by atoms with Crippen molar-refractivity contribution in [2.24, 2.45) is 17.6 Å². The predicted molar refractivity (Wildman–Crippen MR) is 60.5 cm³/mol. The maximum atomic E-state index is 11.8. The van der Waals surface area contributed by atoms with Crippen LogP contribution in [-0.2, 0) is 14.6 Å². The van der Waals surface area contributed by atoms with Crippen molar-refractivity contribution >= 4 is 15.7 Å². The highest BCUT2D eigenvalue weighted by molar-refractivity contribution is 7.91. The maximum Gasteiger partial charge on any atom is 0.224 e. The van der Waals surface area contributed by atoms with Crippen LogP contribution in [-0.4, -0.2) is 38.4 Å². The average molecular weight is 246 g/mol. The molecule has 0 aromatic rings. The largest absolute Gasteiger partial charge is 0.352 e. The molecule has 5 nitrogen and oxygen atoms in total. The third-order valence-corrected chi connectivity index (χ3v) is 5.14. The van der Waals surface area contributed by atoms with E-state index in [2.05, 4.69) is 5.32 Å². The Hall–Kier alpha value is -0.620. The lowest BCUT2D eigenvalue weighted by molar-refractivity contribution is -0.125. The molecule has 0 bridgehead atoms. The molecule has 0 aromatic heterocycles. The highest BCUT2D eigenvalue weighted by atomic mass is 32.2. The smallest absolute Gasteiger partial charge is 0.224 e. The van der Waals surface area contributed by atoms with Gasteiger partial charge in [-0.05, 0) is 25.2 Å². The van der Waals surface area contributed by atoms with E-state index in [0.717, 1.165) is 12.8 Å². The first-order valence-corrected chi connectivity index (χ1v) is 7.55. The molecule has 2 unspecified atom stereocenters. The van der Waals surface area contributed by atoms with E-state index in [1.165, 1.54) is 0 Å². The van der Waals surface area contributed by atoms with Gasteiger partial charge in [0.15, 0.2) is 9.84 Å². The van der Waals surface area contributed by atoms with Gasteiger partial charge in [0, 0.05) is 12.6 Å². The van der Waals surface area contributed by atoms with Crippen molar-refractivity contribution in [1.29, 1.82) is 0 Å². The van der Waals surface area contributed by atoms with Crippen molar-refractivity contribution in [3.8, 4) is 0 Å². The summed E-state index contributed by atoms with van der Waals surface area (Å²) in [4.78, 5) is 11.8. The van der Waals surface area contributed by atoms with Crippen molar-refractivity contribution in [3.05, 3.63) is 0 Å². The number of hydrogen-bond donors (Lipinski definition) is 2. The lowest BCUT2D eigenvalue weighted by Gasteiger charge is -2.18. The van der Waals surface area contributed by atoms with Gasteiger partial charge in [0.2, 0.25) is 5.91 Å². The van der Waals surface area contributed by atoms with Crippen LogP contribution in [0.3, 0.4) is 0 Å². The van der Waals surface area contributed by atoms with Crippen LogP contribution in [0.15, 0.2) is 0 Å². The molecule has 2 atom stereocenters. The summed E-state index contributed by atoms with van der Waals surface area (Å²) in [7, 11) is -2.98. The van der Waals surface area contributed by atoms with Crippen molar-refractivity contribution in [2.75, 3.05) is 18.1 Å². The molecule has 1 heterocycles. The summed E-state index contributed by atoms with van der Waals surface area (Å²) in [6.07, 6.45) is 2.69. The lowest BCUT2D eigenvalue weighted by atomic mass is 10.1. The van der Waals surface area contributed by atoms with Gasteiger partial charge in [-0.3, -0.25) is 4.79 Å². The molecule has 0 spiro atoms. The fourth-order valence-electron chi connectivity index (χ4n) is 2.17. The summed E-state index contributed by atoms with van der Waals surface area (Å²) in [5.41, 5.74) is 5.58. The molecule has 92 valence electrons. The summed E-state index contributed by atoms with van der Waals surface area (Å²) >= 11 is 0. The number of hydrogen-bond acceptors (Lipinski definition) is 4. The number of nitrogens with one attached hydrogen (secondary N) is 1. The zero-order valence-electron chi connectivity index (χ0n) is 9.19. The SMILES string of the molecule is NCC(NC(=O)C1CCS(=O)(=O)C1)C1CC1. The minimum absolute atomic E-state index is 0.000785. The van der Waals surface area contributed by atoms with Crippen LogP contribution >= 0.6 is 0 Å². The molecule has 16 heavy (non-hydrogen) atoms. The number of carbonyl (C=O) groups excluding carboxylic acids is 1. The quantitative estimate of drug-likeness (QED) is 0.684. The first-order chi connectivity index (χ1) is 7.52. The van der Waals surface area contributed by atoms with E-state index in [9.17, 15) is 13.2 Å². The second kappa shape index (κ2) is 4.33. The second-order valence-electron chi connectivity index (χ2n) is 4.79. The number of rotatable bonds is 4. The zero-order chi connectivity index (χ0) is 11.8. The summed E-state index contributed by atoms with van der Waals surface area (Å²) in [6, 6.07) is 0.0378. The van der Waals surface area contributed by atoms with Crippen molar-refractivity contribution in [1.82, 2.24) is 5.32 Å². The first kappa shape index (κ1) is 11.9. The standard InChI is InChI=1S/C10H18N2O3S/c11-5-9(7-1-2-7)12-10(13)8-3-4-16(14,15)6-8/h7-9H,1-6,11H2,(H,12,13).